The minimum absolute atomic E-state index is 0.222. The molecule has 4 rings (SSSR count). The number of ether oxygens (including phenoxy) is 1. The number of halogens is 1. The second-order valence-electron chi connectivity index (χ2n) is 6.98. The van der Waals surface area contributed by atoms with Gasteiger partial charge in [0.05, 0.1) is 29.6 Å². The molecule has 0 atom stereocenters. The largest absolute Gasteiger partial charge is 0.496 e. The summed E-state index contributed by atoms with van der Waals surface area (Å²) in [4.78, 5) is 9.70. The van der Waals surface area contributed by atoms with E-state index in [4.69, 9.17) is 14.7 Å². The summed E-state index contributed by atoms with van der Waals surface area (Å²) in [7, 11) is 1.65. The van der Waals surface area contributed by atoms with Crippen molar-refractivity contribution in [2.24, 2.45) is 4.99 Å². The predicted octanol–water partition coefficient (Wildman–Crippen LogP) is 4.55. The molecule has 0 saturated carbocycles. The molecule has 1 aliphatic heterocycles. The van der Waals surface area contributed by atoms with E-state index in [-0.39, 0.29) is 11.4 Å². The van der Waals surface area contributed by atoms with E-state index in [0.717, 1.165) is 39.2 Å². The average molecular weight is 334 g/mol. The lowest BCUT2D eigenvalue weighted by molar-refractivity contribution is 0.419. The van der Waals surface area contributed by atoms with Gasteiger partial charge in [0.25, 0.3) is 0 Å². The molecule has 0 radical (unpaired) electrons. The van der Waals surface area contributed by atoms with E-state index < -0.39 is 0 Å². The van der Waals surface area contributed by atoms with Crippen LogP contribution in [-0.4, -0.2) is 23.3 Å². The maximum Gasteiger partial charge on any atom is 0.130 e. The van der Waals surface area contributed by atoms with Crippen LogP contribution in [0.25, 0.3) is 10.9 Å². The van der Waals surface area contributed by atoms with Crippen molar-refractivity contribution in [3.8, 4) is 5.75 Å². The standard InChI is InChI=1S/C21H19FN2O/c1-21(2)12-13-10-14(22)8-9-15(13)20(24-21)18-11-19(25-3)16-6-4-5-7-17(16)23-18/h4-11H,12H2,1-3H3. The van der Waals surface area contributed by atoms with Crippen molar-refractivity contribution in [2.75, 3.05) is 7.11 Å². The number of fused-ring (bicyclic) bond motifs is 2. The van der Waals surface area contributed by atoms with E-state index >= 15 is 0 Å². The number of methoxy groups -OCH3 is 1. The van der Waals surface area contributed by atoms with Crippen molar-refractivity contribution in [2.45, 2.75) is 25.8 Å². The van der Waals surface area contributed by atoms with Gasteiger partial charge in [-0.3, -0.25) is 4.99 Å². The van der Waals surface area contributed by atoms with Gasteiger partial charge in [-0.15, -0.1) is 0 Å². The predicted molar refractivity (Wildman–Crippen MR) is 98.1 cm³/mol. The Morgan fingerprint density at radius 1 is 1.08 bits per heavy atom. The minimum atomic E-state index is -0.309. The molecule has 1 aliphatic rings. The molecule has 126 valence electrons. The van der Waals surface area contributed by atoms with Crippen LogP contribution in [0.3, 0.4) is 0 Å². The third-order valence-corrected chi connectivity index (χ3v) is 4.50. The summed E-state index contributed by atoms with van der Waals surface area (Å²) in [6.45, 7) is 4.11. The minimum Gasteiger partial charge on any atom is -0.496 e. The van der Waals surface area contributed by atoms with Crippen LogP contribution in [0.1, 0.15) is 30.7 Å². The Balaban J connectivity index is 1.97. The molecule has 0 spiro atoms. The number of nitrogens with zero attached hydrogens (tertiary/aromatic N) is 2. The lowest BCUT2D eigenvalue weighted by atomic mass is 9.86. The summed E-state index contributed by atoms with van der Waals surface area (Å²) >= 11 is 0. The maximum atomic E-state index is 13.7. The van der Waals surface area contributed by atoms with Gasteiger partial charge in [0, 0.05) is 17.0 Å². The number of benzene rings is 2. The SMILES string of the molecule is COc1cc(C2=NC(C)(C)Cc3cc(F)ccc32)nc2ccccc12. The zero-order valence-electron chi connectivity index (χ0n) is 14.5. The second kappa shape index (κ2) is 5.66. The number of hydrogen-bond donors (Lipinski definition) is 0. The highest BCUT2D eigenvalue weighted by Gasteiger charge is 2.28. The Hall–Kier alpha value is -2.75. The Bertz CT molecular complexity index is 1010. The summed E-state index contributed by atoms with van der Waals surface area (Å²) in [6.07, 6.45) is 0.703. The van der Waals surface area contributed by atoms with Crippen LogP contribution in [0.15, 0.2) is 53.5 Å². The molecule has 3 nitrogen and oxygen atoms in total. The summed E-state index contributed by atoms with van der Waals surface area (Å²) in [5, 5.41) is 0.962. The van der Waals surface area contributed by atoms with Crippen LogP contribution in [0.4, 0.5) is 4.39 Å². The van der Waals surface area contributed by atoms with Crippen LogP contribution < -0.4 is 4.74 Å². The summed E-state index contributed by atoms with van der Waals surface area (Å²) < 4.78 is 19.3. The molecule has 25 heavy (non-hydrogen) atoms. The maximum absolute atomic E-state index is 13.7. The first-order valence-corrected chi connectivity index (χ1v) is 8.30. The first-order valence-electron chi connectivity index (χ1n) is 8.30. The molecule has 4 heteroatoms. The van der Waals surface area contributed by atoms with E-state index in [1.165, 1.54) is 6.07 Å². The van der Waals surface area contributed by atoms with Gasteiger partial charge < -0.3 is 4.74 Å². The molecular formula is C21H19FN2O. The van der Waals surface area contributed by atoms with Gasteiger partial charge in [-0.25, -0.2) is 9.37 Å². The molecule has 2 aromatic carbocycles. The third kappa shape index (κ3) is 2.78. The Labute approximate surface area is 146 Å². The lowest BCUT2D eigenvalue weighted by Gasteiger charge is -2.29. The highest BCUT2D eigenvalue weighted by molar-refractivity contribution is 6.14. The summed E-state index contributed by atoms with van der Waals surface area (Å²) in [5.41, 5.74) is 3.98. The zero-order chi connectivity index (χ0) is 17.6. The van der Waals surface area contributed by atoms with Crippen molar-refractivity contribution in [3.05, 3.63) is 71.2 Å². The molecule has 0 aliphatic carbocycles. The van der Waals surface area contributed by atoms with Gasteiger partial charge in [-0.2, -0.15) is 0 Å². The Morgan fingerprint density at radius 3 is 2.68 bits per heavy atom. The first-order chi connectivity index (χ1) is 12.0. The van der Waals surface area contributed by atoms with Gasteiger partial charge in [-0.1, -0.05) is 12.1 Å². The highest BCUT2D eigenvalue weighted by Crippen LogP contribution is 2.32. The number of para-hydroxylation sites is 1. The van der Waals surface area contributed by atoms with E-state index in [1.54, 1.807) is 19.2 Å². The molecule has 1 aromatic heterocycles. The normalized spacial score (nSPS) is 15.6. The van der Waals surface area contributed by atoms with Crippen molar-refractivity contribution >= 4 is 16.6 Å². The Kier molecular flexibility index (Phi) is 3.57. The van der Waals surface area contributed by atoms with Crippen molar-refractivity contribution < 1.29 is 9.13 Å². The van der Waals surface area contributed by atoms with Gasteiger partial charge in [0.2, 0.25) is 0 Å². The molecule has 3 aromatic rings. The molecule has 0 N–H and O–H groups in total. The molecule has 0 fully saturated rings. The van der Waals surface area contributed by atoms with Gasteiger partial charge in [-0.05, 0) is 56.2 Å². The number of aliphatic imine (C=N–C) groups is 1. The van der Waals surface area contributed by atoms with E-state index in [2.05, 4.69) is 13.8 Å². The highest BCUT2D eigenvalue weighted by atomic mass is 19.1. The molecular weight excluding hydrogens is 315 g/mol. The first kappa shape index (κ1) is 15.8. The fraction of sp³-hybridized carbons (Fsp3) is 0.238. The smallest absolute Gasteiger partial charge is 0.130 e. The number of hydrogen-bond acceptors (Lipinski definition) is 3. The van der Waals surface area contributed by atoms with Crippen molar-refractivity contribution in [3.63, 3.8) is 0 Å². The van der Waals surface area contributed by atoms with Crippen molar-refractivity contribution in [1.29, 1.82) is 0 Å². The fourth-order valence-corrected chi connectivity index (χ4v) is 3.44. The summed E-state index contributed by atoms with van der Waals surface area (Å²) in [5.74, 6) is 0.537. The Morgan fingerprint density at radius 2 is 1.88 bits per heavy atom. The van der Waals surface area contributed by atoms with Crippen LogP contribution in [0.2, 0.25) is 0 Å². The van der Waals surface area contributed by atoms with E-state index in [0.29, 0.717) is 6.42 Å². The van der Waals surface area contributed by atoms with E-state index in [9.17, 15) is 4.39 Å². The summed E-state index contributed by atoms with van der Waals surface area (Å²) in [6, 6.07) is 14.6. The van der Waals surface area contributed by atoms with Crippen molar-refractivity contribution in [1.82, 2.24) is 4.98 Å². The van der Waals surface area contributed by atoms with Gasteiger partial charge in [0.1, 0.15) is 11.6 Å². The van der Waals surface area contributed by atoms with Crippen LogP contribution in [-0.2, 0) is 6.42 Å². The monoisotopic (exact) mass is 334 g/mol. The zero-order valence-corrected chi connectivity index (χ0v) is 14.5. The molecule has 2 heterocycles. The second-order valence-corrected chi connectivity index (χ2v) is 6.98. The molecule has 0 saturated heterocycles. The molecule has 0 unspecified atom stereocenters. The quantitative estimate of drug-likeness (QED) is 0.689. The van der Waals surface area contributed by atoms with Gasteiger partial charge in [0.15, 0.2) is 0 Å². The molecule has 0 amide bonds. The number of aromatic nitrogens is 1. The lowest BCUT2D eigenvalue weighted by Crippen LogP contribution is -2.30. The topological polar surface area (TPSA) is 34.5 Å². The number of rotatable bonds is 2. The van der Waals surface area contributed by atoms with Crippen LogP contribution in [0, 0.1) is 5.82 Å². The van der Waals surface area contributed by atoms with Crippen LogP contribution in [0.5, 0.6) is 5.75 Å². The number of pyridine rings is 1. The third-order valence-electron chi connectivity index (χ3n) is 4.50. The van der Waals surface area contributed by atoms with E-state index in [1.807, 2.05) is 30.3 Å². The van der Waals surface area contributed by atoms with Crippen LogP contribution >= 0.6 is 0 Å². The fourth-order valence-electron chi connectivity index (χ4n) is 3.44. The molecule has 0 bridgehead atoms. The average Bonchev–Trinajstić information content (AvgIpc) is 2.58. The van der Waals surface area contributed by atoms with Gasteiger partial charge >= 0.3 is 0 Å².